The van der Waals surface area contributed by atoms with E-state index in [1.165, 1.54) is 6.07 Å². The first-order valence-electron chi connectivity index (χ1n) is 4.74. The number of hydrogen-bond acceptors (Lipinski definition) is 3. The van der Waals surface area contributed by atoms with E-state index in [0.29, 0.717) is 9.13 Å². The fraction of sp³-hybridized carbons (Fsp3) is 0.400. The molecular weight excluding hydrogens is 366 g/mol. The van der Waals surface area contributed by atoms with Crippen LogP contribution in [0.5, 0.6) is 0 Å². The van der Waals surface area contributed by atoms with Crippen LogP contribution in [0.25, 0.3) is 0 Å². The molecule has 1 rings (SSSR count). The van der Waals surface area contributed by atoms with Crippen molar-refractivity contribution >= 4 is 40.2 Å². The van der Waals surface area contributed by atoms with E-state index < -0.39 is 18.1 Å². The van der Waals surface area contributed by atoms with Crippen molar-refractivity contribution in [1.29, 1.82) is 0 Å². The summed E-state index contributed by atoms with van der Waals surface area (Å²) >= 11 is 7.61. The zero-order chi connectivity index (χ0) is 13.0. The molecule has 1 heterocycles. The van der Waals surface area contributed by atoms with Crippen molar-refractivity contribution in [2.75, 3.05) is 6.61 Å². The summed E-state index contributed by atoms with van der Waals surface area (Å²) < 4.78 is 30.1. The van der Waals surface area contributed by atoms with Crippen molar-refractivity contribution in [2.24, 2.45) is 0 Å². The van der Waals surface area contributed by atoms with Gasteiger partial charge in [0, 0.05) is 9.13 Å². The molecule has 1 aromatic rings. The minimum Gasteiger partial charge on any atom is -0.466 e. The Hall–Kier alpha value is -0.500. The summed E-state index contributed by atoms with van der Waals surface area (Å²) in [6.45, 7) is 1.94. The summed E-state index contributed by atoms with van der Waals surface area (Å²) in [5.41, 5.74) is 0.0159. The van der Waals surface area contributed by atoms with E-state index in [4.69, 9.17) is 16.3 Å². The number of halogens is 4. The third-order valence-electron chi connectivity index (χ3n) is 1.89. The van der Waals surface area contributed by atoms with E-state index in [-0.39, 0.29) is 18.2 Å². The molecule has 0 saturated carbocycles. The van der Waals surface area contributed by atoms with Gasteiger partial charge in [-0.25, -0.2) is 13.8 Å². The van der Waals surface area contributed by atoms with E-state index in [1.807, 2.05) is 22.6 Å². The van der Waals surface area contributed by atoms with Gasteiger partial charge in [0.25, 0.3) is 6.43 Å². The van der Waals surface area contributed by atoms with Crippen LogP contribution in [-0.2, 0) is 16.0 Å². The molecule has 0 amide bonds. The zero-order valence-electron chi connectivity index (χ0n) is 8.84. The van der Waals surface area contributed by atoms with Crippen molar-refractivity contribution in [1.82, 2.24) is 4.98 Å². The molecule has 0 spiro atoms. The summed E-state index contributed by atoms with van der Waals surface area (Å²) in [6.07, 6.45) is -2.75. The minimum atomic E-state index is -2.68. The molecule has 0 aromatic carbocycles. The number of pyridine rings is 1. The Morgan fingerprint density at radius 1 is 1.65 bits per heavy atom. The number of esters is 1. The summed E-state index contributed by atoms with van der Waals surface area (Å²) in [7, 11) is 0. The van der Waals surface area contributed by atoms with Gasteiger partial charge in [-0.05, 0) is 35.6 Å². The van der Waals surface area contributed by atoms with Crippen LogP contribution in [0.1, 0.15) is 24.6 Å². The predicted molar refractivity (Wildman–Crippen MR) is 67.3 cm³/mol. The average molecular weight is 376 g/mol. The van der Waals surface area contributed by atoms with Crippen LogP contribution in [0.3, 0.4) is 0 Å². The van der Waals surface area contributed by atoms with Crippen molar-refractivity contribution in [2.45, 2.75) is 19.8 Å². The number of rotatable bonds is 4. The van der Waals surface area contributed by atoms with Crippen LogP contribution in [0.2, 0.25) is 5.15 Å². The fourth-order valence-electron chi connectivity index (χ4n) is 1.15. The number of hydrogen-bond donors (Lipinski definition) is 0. The molecule has 0 bridgehead atoms. The van der Waals surface area contributed by atoms with Crippen LogP contribution in [-0.4, -0.2) is 17.6 Å². The third kappa shape index (κ3) is 4.02. The van der Waals surface area contributed by atoms with Gasteiger partial charge in [-0.2, -0.15) is 0 Å². The molecule has 0 radical (unpaired) electrons. The normalized spacial score (nSPS) is 10.7. The van der Waals surface area contributed by atoms with E-state index in [9.17, 15) is 13.6 Å². The minimum absolute atomic E-state index is 0.0680. The SMILES string of the molecule is CCOC(=O)Cc1c(I)cc(C(F)F)nc1Cl. The number of ether oxygens (including phenoxy) is 1. The second kappa shape index (κ2) is 6.44. The number of carbonyl (C=O) groups is 1. The molecule has 0 atom stereocenters. The lowest BCUT2D eigenvalue weighted by Crippen LogP contribution is -2.10. The van der Waals surface area contributed by atoms with Crippen LogP contribution in [0, 0.1) is 3.57 Å². The van der Waals surface area contributed by atoms with Crippen molar-refractivity contribution in [3.63, 3.8) is 0 Å². The maximum atomic E-state index is 12.4. The van der Waals surface area contributed by atoms with Gasteiger partial charge >= 0.3 is 5.97 Å². The molecule has 0 aliphatic rings. The maximum Gasteiger partial charge on any atom is 0.310 e. The fourth-order valence-corrected chi connectivity index (χ4v) is 2.34. The molecule has 0 aliphatic heterocycles. The maximum absolute atomic E-state index is 12.4. The van der Waals surface area contributed by atoms with Crippen LogP contribution < -0.4 is 0 Å². The molecule has 1 aromatic heterocycles. The number of alkyl halides is 2. The van der Waals surface area contributed by atoms with Gasteiger partial charge in [-0.15, -0.1) is 0 Å². The van der Waals surface area contributed by atoms with Gasteiger partial charge in [-0.3, -0.25) is 4.79 Å². The summed E-state index contributed by atoms with van der Waals surface area (Å²) in [5, 5.41) is -0.0831. The lowest BCUT2D eigenvalue weighted by molar-refractivity contribution is -0.142. The van der Waals surface area contributed by atoms with E-state index in [0.717, 1.165) is 0 Å². The van der Waals surface area contributed by atoms with Gasteiger partial charge in [0.1, 0.15) is 10.8 Å². The Labute approximate surface area is 116 Å². The Morgan fingerprint density at radius 2 is 2.29 bits per heavy atom. The number of nitrogens with zero attached hydrogens (tertiary/aromatic N) is 1. The quantitative estimate of drug-likeness (QED) is 0.460. The highest BCUT2D eigenvalue weighted by molar-refractivity contribution is 14.1. The van der Waals surface area contributed by atoms with Crippen molar-refractivity contribution in [3.05, 3.63) is 26.0 Å². The van der Waals surface area contributed by atoms with Crippen LogP contribution in [0.4, 0.5) is 8.78 Å². The molecule has 7 heteroatoms. The van der Waals surface area contributed by atoms with Crippen LogP contribution in [0.15, 0.2) is 6.07 Å². The molecule has 0 saturated heterocycles. The summed E-state index contributed by atoms with van der Waals surface area (Å²) in [5.74, 6) is -0.459. The molecular formula is C10H9ClF2INO2. The first-order chi connectivity index (χ1) is 7.95. The second-order valence-electron chi connectivity index (χ2n) is 3.08. The average Bonchev–Trinajstić information content (AvgIpc) is 2.23. The molecule has 3 nitrogen and oxygen atoms in total. The highest BCUT2D eigenvalue weighted by Crippen LogP contribution is 2.26. The molecule has 0 unspecified atom stereocenters. The van der Waals surface area contributed by atoms with E-state index in [1.54, 1.807) is 6.92 Å². The van der Waals surface area contributed by atoms with Gasteiger partial charge in [0.2, 0.25) is 0 Å². The Morgan fingerprint density at radius 3 is 2.76 bits per heavy atom. The van der Waals surface area contributed by atoms with Gasteiger partial charge in [0.15, 0.2) is 0 Å². The highest BCUT2D eigenvalue weighted by atomic mass is 127. The highest BCUT2D eigenvalue weighted by Gasteiger charge is 2.17. The first kappa shape index (κ1) is 14.6. The summed E-state index contributed by atoms with van der Waals surface area (Å²) in [6, 6.07) is 1.21. The lowest BCUT2D eigenvalue weighted by Gasteiger charge is -2.08. The lowest BCUT2D eigenvalue weighted by atomic mass is 10.2. The molecule has 94 valence electrons. The van der Waals surface area contributed by atoms with Crippen LogP contribution >= 0.6 is 34.2 Å². The molecule has 0 N–H and O–H groups in total. The zero-order valence-corrected chi connectivity index (χ0v) is 11.8. The standard InChI is InChI=1S/C10H9ClF2INO2/c1-2-17-8(16)3-5-6(14)4-7(10(12)13)15-9(5)11/h4,10H,2-3H2,1H3. The Bertz CT molecular complexity index is 406. The third-order valence-corrected chi connectivity index (χ3v) is 3.16. The summed E-state index contributed by atoms with van der Waals surface area (Å²) in [4.78, 5) is 14.8. The molecule has 17 heavy (non-hydrogen) atoms. The van der Waals surface area contributed by atoms with Crippen molar-refractivity contribution < 1.29 is 18.3 Å². The largest absolute Gasteiger partial charge is 0.466 e. The topological polar surface area (TPSA) is 39.2 Å². The number of aromatic nitrogens is 1. The molecule has 0 aliphatic carbocycles. The van der Waals surface area contributed by atoms with Gasteiger partial charge in [-0.1, -0.05) is 11.6 Å². The van der Waals surface area contributed by atoms with E-state index >= 15 is 0 Å². The van der Waals surface area contributed by atoms with Gasteiger partial charge < -0.3 is 4.74 Å². The Balaban J connectivity index is 2.97. The second-order valence-corrected chi connectivity index (χ2v) is 4.60. The van der Waals surface area contributed by atoms with E-state index in [2.05, 4.69) is 4.98 Å². The monoisotopic (exact) mass is 375 g/mol. The number of carbonyl (C=O) groups excluding carboxylic acids is 1. The van der Waals surface area contributed by atoms with Crippen molar-refractivity contribution in [3.8, 4) is 0 Å². The smallest absolute Gasteiger partial charge is 0.310 e. The first-order valence-corrected chi connectivity index (χ1v) is 6.20. The Kier molecular flexibility index (Phi) is 5.51. The predicted octanol–water partition coefficient (Wildman–Crippen LogP) is 3.38. The van der Waals surface area contributed by atoms with Gasteiger partial charge in [0.05, 0.1) is 13.0 Å². The molecule has 0 fully saturated rings.